The number of carbonyl (C=O) groups is 2. The lowest BCUT2D eigenvalue weighted by Crippen LogP contribution is -2.28. The molecule has 1 aliphatic heterocycles. The van der Waals surface area contributed by atoms with E-state index in [9.17, 15) is 9.59 Å². The van der Waals surface area contributed by atoms with Crippen LogP contribution in [0.5, 0.6) is 0 Å². The molecule has 5 heteroatoms. The van der Waals surface area contributed by atoms with Crippen LogP contribution >= 0.6 is 11.3 Å². The predicted molar refractivity (Wildman–Crippen MR) is 64.9 cm³/mol. The highest BCUT2D eigenvalue weighted by atomic mass is 32.1. The minimum atomic E-state index is -0.879. The van der Waals surface area contributed by atoms with Gasteiger partial charge >= 0.3 is 5.97 Å². The van der Waals surface area contributed by atoms with Crippen LogP contribution in [0.4, 0.5) is 0 Å². The summed E-state index contributed by atoms with van der Waals surface area (Å²) in [6.45, 7) is 4.30. The van der Waals surface area contributed by atoms with Gasteiger partial charge in [-0.25, -0.2) is 0 Å². The lowest BCUT2D eigenvalue weighted by atomic mass is 10.1. The van der Waals surface area contributed by atoms with E-state index in [1.54, 1.807) is 16.2 Å². The number of carbonyl (C=O) groups excluding carboxylic acids is 1. The number of rotatable bonds is 3. The molecule has 1 aliphatic rings. The second-order valence-corrected chi connectivity index (χ2v) is 5.73. The molecule has 0 spiro atoms. The summed E-state index contributed by atoms with van der Waals surface area (Å²) < 4.78 is 0. The molecule has 0 saturated carbocycles. The van der Waals surface area contributed by atoms with Crippen molar-refractivity contribution in [2.75, 3.05) is 6.54 Å². The van der Waals surface area contributed by atoms with Gasteiger partial charge in [0.25, 0.3) is 0 Å². The van der Waals surface area contributed by atoms with Crippen LogP contribution in [0.1, 0.15) is 29.1 Å². The third-order valence-corrected chi connectivity index (χ3v) is 4.32. The van der Waals surface area contributed by atoms with Gasteiger partial charge in [-0.15, -0.1) is 11.3 Å². The minimum absolute atomic E-state index is 0.0226. The highest BCUT2D eigenvalue weighted by Crippen LogP contribution is 2.32. The molecule has 1 fully saturated rings. The average Bonchev–Trinajstić information content (AvgIpc) is 2.84. The summed E-state index contributed by atoms with van der Waals surface area (Å²) in [5, 5.41) is 8.93. The molecule has 1 amide bonds. The quantitative estimate of drug-likeness (QED) is 0.897. The fraction of sp³-hybridized carbons (Fsp3) is 0.500. The maximum atomic E-state index is 11.8. The van der Waals surface area contributed by atoms with Gasteiger partial charge in [0, 0.05) is 22.7 Å². The van der Waals surface area contributed by atoms with Crippen molar-refractivity contribution in [3.05, 3.63) is 21.9 Å². The minimum Gasteiger partial charge on any atom is -0.481 e. The van der Waals surface area contributed by atoms with Gasteiger partial charge < -0.3 is 10.0 Å². The Balaban J connectivity index is 2.13. The van der Waals surface area contributed by atoms with E-state index in [2.05, 4.69) is 0 Å². The molecule has 4 nitrogen and oxygen atoms in total. The fourth-order valence-electron chi connectivity index (χ4n) is 2.10. The third kappa shape index (κ3) is 2.34. The van der Waals surface area contributed by atoms with Gasteiger partial charge in [-0.05, 0) is 26.0 Å². The van der Waals surface area contributed by atoms with Crippen molar-refractivity contribution >= 4 is 23.2 Å². The number of hydrogen-bond donors (Lipinski definition) is 1. The molecule has 92 valence electrons. The zero-order chi connectivity index (χ0) is 12.6. The first kappa shape index (κ1) is 12.1. The predicted octanol–water partition coefficient (Wildman–Crippen LogP) is 2.05. The lowest BCUT2D eigenvalue weighted by Gasteiger charge is -2.23. The van der Waals surface area contributed by atoms with Gasteiger partial charge in [-0.1, -0.05) is 0 Å². The molecule has 0 radical (unpaired) electrons. The largest absolute Gasteiger partial charge is 0.481 e. The standard InChI is InChI=1S/C12H15NO3S/c1-7-3-4-10(17-7)8(2)13-6-9(12(15)16)5-11(13)14/h3-4,8-9H,5-6H2,1-2H3,(H,15,16). The number of aryl methyl sites for hydroxylation is 1. The van der Waals surface area contributed by atoms with E-state index in [4.69, 9.17) is 5.11 Å². The second-order valence-electron chi connectivity index (χ2n) is 4.41. The van der Waals surface area contributed by atoms with Crippen LogP contribution < -0.4 is 0 Å². The zero-order valence-electron chi connectivity index (χ0n) is 9.84. The Labute approximate surface area is 104 Å². The maximum absolute atomic E-state index is 11.8. The molecule has 1 N–H and O–H groups in total. The molecule has 17 heavy (non-hydrogen) atoms. The molecule has 2 unspecified atom stereocenters. The Morgan fingerprint density at radius 2 is 2.29 bits per heavy atom. The number of amides is 1. The van der Waals surface area contributed by atoms with E-state index < -0.39 is 11.9 Å². The van der Waals surface area contributed by atoms with E-state index >= 15 is 0 Å². The Bertz CT molecular complexity index is 454. The Kier molecular flexibility index (Phi) is 3.19. The van der Waals surface area contributed by atoms with Crippen molar-refractivity contribution in [2.45, 2.75) is 26.3 Å². The summed E-state index contributed by atoms with van der Waals surface area (Å²) in [6.07, 6.45) is 0.129. The third-order valence-electron chi connectivity index (χ3n) is 3.15. The molecular formula is C12H15NO3S. The highest BCUT2D eigenvalue weighted by Gasteiger charge is 2.37. The van der Waals surface area contributed by atoms with Crippen molar-refractivity contribution in [1.29, 1.82) is 0 Å². The molecular weight excluding hydrogens is 238 g/mol. The van der Waals surface area contributed by atoms with Crippen LogP contribution in [0, 0.1) is 12.8 Å². The number of carboxylic acids is 1. The molecule has 1 aromatic heterocycles. The smallest absolute Gasteiger partial charge is 0.308 e. The summed E-state index contributed by atoms with van der Waals surface area (Å²) in [4.78, 5) is 26.6. The van der Waals surface area contributed by atoms with Crippen molar-refractivity contribution in [3.63, 3.8) is 0 Å². The first-order valence-corrected chi connectivity index (χ1v) is 6.39. The van der Waals surface area contributed by atoms with Gasteiger partial charge in [-0.2, -0.15) is 0 Å². The van der Waals surface area contributed by atoms with E-state index in [0.29, 0.717) is 6.54 Å². The monoisotopic (exact) mass is 253 g/mol. The number of hydrogen-bond acceptors (Lipinski definition) is 3. The molecule has 2 rings (SSSR count). The zero-order valence-corrected chi connectivity index (χ0v) is 10.7. The van der Waals surface area contributed by atoms with E-state index in [1.165, 1.54) is 4.88 Å². The van der Waals surface area contributed by atoms with Crippen molar-refractivity contribution < 1.29 is 14.7 Å². The van der Waals surface area contributed by atoms with Crippen LogP contribution in [0.15, 0.2) is 12.1 Å². The van der Waals surface area contributed by atoms with Gasteiger partial charge in [0.2, 0.25) is 5.91 Å². The lowest BCUT2D eigenvalue weighted by molar-refractivity contribution is -0.141. The number of likely N-dealkylation sites (tertiary alicyclic amines) is 1. The van der Waals surface area contributed by atoms with Crippen LogP contribution in [0.25, 0.3) is 0 Å². The molecule has 1 aromatic rings. The molecule has 0 aromatic carbocycles. The molecule has 0 aliphatic carbocycles. The molecule has 1 saturated heterocycles. The Morgan fingerprint density at radius 3 is 2.76 bits per heavy atom. The van der Waals surface area contributed by atoms with Gasteiger partial charge in [0.05, 0.1) is 12.0 Å². The van der Waals surface area contributed by atoms with Crippen molar-refractivity contribution in [1.82, 2.24) is 4.90 Å². The first-order valence-electron chi connectivity index (χ1n) is 5.57. The Morgan fingerprint density at radius 1 is 1.59 bits per heavy atom. The Hall–Kier alpha value is -1.36. The number of carboxylic acid groups (broad SMARTS) is 1. The second kappa shape index (κ2) is 4.49. The van der Waals surface area contributed by atoms with Crippen LogP contribution in [-0.4, -0.2) is 28.4 Å². The summed E-state index contributed by atoms with van der Waals surface area (Å²) in [6, 6.07) is 4.00. The van der Waals surface area contributed by atoms with E-state index in [1.807, 2.05) is 26.0 Å². The van der Waals surface area contributed by atoms with Crippen molar-refractivity contribution in [2.24, 2.45) is 5.92 Å². The van der Waals surface area contributed by atoms with E-state index in [0.717, 1.165) is 4.88 Å². The van der Waals surface area contributed by atoms with Crippen LogP contribution in [-0.2, 0) is 9.59 Å². The van der Waals surface area contributed by atoms with Gasteiger partial charge in [-0.3, -0.25) is 9.59 Å². The van der Waals surface area contributed by atoms with Crippen LogP contribution in [0.3, 0.4) is 0 Å². The highest BCUT2D eigenvalue weighted by molar-refractivity contribution is 7.12. The average molecular weight is 253 g/mol. The van der Waals surface area contributed by atoms with Crippen molar-refractivity contribution in [3.8, 4) is 0 Å². The fourth-order valence-corrected chi connectivity index (χ4v) is 3.04. The maximum Gasteiger partial charge on any atom is 0.308 e. The van der Waals surface area contributed by atoms with Gasteiger partial charge in [0.1, 0.15) is 0 Å². The topological polar surface area (TPSA) is 57.6 Å². The SMILES string of the molecule is Cc1ccc(C(C)N2CC(C(=O)O)CC2=O)s1. The number of thiophene rings is 1. The van der Waals surface area contributed by atoms with Gasteiger partial charge in [0.15, 0.2) is 0 Å². The summed E-state index contributed by atoms with van der Waals surface area (Å²) in [5.41, 5.74) is 0. The summed E-state index contributed by atoms with van der Waals surface area (Å²) >= 11 is 1.65. The summed E-state index contributed by atoms with van der Waals surface area (Å²) in [5.74, 6) is -1.49. The number of aliphatic carboxylic acids is 1. The molecule has 0 bridgehead atoms. The number of nitrogens with zero attached hydrogens (tertiary/aromatic N) is 1. The van der Waals surface area contributed by atoms with E-state index in [-0.39, 0.29) is 18.4 Å². The normalized spacial score (nSPS) is 21.9. The molecule has 2 heterocycles. The van der Waals surface area contributed by atoms with Crippen LogP contribution in [0.2, 0.25) is 0 Å². The molecule has 2 atom stereocenters. The summed E-state index contributed by atoms with van der Waals surface area (Å²) in [7, 11) is 0. The first-order chi connectivity index (χ1) is 7.99.